The summed E-state index contributed by atoms with van der Waals surface area (Å²) in [6, 6.07) is 5.79. The number of pyridine rings is 1. The normalized spacial score (nSPS) is 14.2. The molecular formula is C17H19NO3. The zero-order valence-corrected chi connectivity index (χ0v) is 12.6. The number of benzene rings is 1. The molecule has 1 aliphatic carbocycles. The first-order valence-electron chi connectivity index (χ1n) is 7.31. The number of carbonyl (C=O) groups is 1. The van der Waals surface area contributed by atoms with Gasteiger partial charge < -0.3 is 9.47 Å². The Labute approximate surface area is 124 Å². The summed E-state index contributed by atoms with van der Waals surface area (Å²) < 4.78 is 10.6. The van der Waals surface area contributed by atoms with E-state index in [0.717, 1.165) is 40.8 Å². The lowest BCUT2D eigenvalue weighted by Crippen LogP contribution is -2.12. The molecule has 21 heavy (non-hydrogen) atoms. The van der Waals surface area contributed by atoms with Gasteiger partial charge in [-0.2, -0.15) is 0 Å². The SMILES string of the molecule is CCOC(=O)c1c(C2CC2)nc2c(OC)cccc2c1C. The van der Waals surface area contributed by atoms with Gasteiger partial charge in [-0.1, -0.05) is 12.1 Å². The Kier molecular flexibility index (Phi) is 3.53. The van der Waals surface area contributed by atoms with Gasteiger partial charge in [-0.05, 0) is 38.3 Å². The van der Waals surface area contributed by atoms with Gasteiger partial charge >= 0.3 is 5.97 Å². The zero-order chi connectivity index (χ0) is 15.0. The van der Waals surface area contributed by atoms with Crippen molar-refractivity contribution in [1.82, 2.24) is 4.98 Å². The number of esters is 1. The Bertz CT molecular complexity index is 705. The third-order valence-corrected chi connectivity index (χ3v) is 3.93. The van der Waals surface area contributed by atoms with Crippen molar-refractivity contribution in [3.8, 4) is 5.75 Å². The second kappa shape index (κ2) is 5.35. The maximum atomic E-state index is 12.3. The van der Waals surface area contributed by atoms with Crippen molar-refractivity contribution in [2.24, 2.45) is 0 Å². The van der Waals surface area contributed by atoms with Crippen molar-refractivity contribution in [3.05, 3.63) is 35.0 Å². The van der Waals surface area contributed by atoms with Crippen LogP contribution in [0.2, 0.25) is 0 Å². The lowest BCUT2D eigenvalue weighted by atomic mass is 9.99. The molecule has 0 saturated heterocycles. The Morgan fingerprint density at radius 1 is 1.38 bits per heavy atom. The topological polar surface area (TPSA) is 48.4 Å². The number of aromatic nitrogens is 1. The fourth-order valence-electron chi connectivity index (χ4n) is 2.72. The lowest BCUT2D eigenvalue weighted by Gasteiger charge is -2.15. The number of rotatable bonds is 4. The Morgan fingerprint density at radius 3 is 2.76 bits per heavy atom. The number of ether oxygens (including phenoxy) is 2. The van der Waals surface area contributed by atoms with Crippen molar-refractivity contribution >= 4 is 16.9 Å². The van der Waals surface area contributed by atoms with Gasteiger partial charge in [-0.3, -0.25) is 0 Å². The number of hydrogen-bond donors (Lipinski definition) is 0. The van der Waals surface area contributed by atoms with E-state index in [9.17, 15) is 4.79 Å². The van der Waals surface area contributed by atoms with Crippen LogP contribution in [0.4, 0.5) is 0 Å². The van der Waals surface area contributed by atoms with E-state index in [1.165, 1.54) is 0 Å². The molecule has 0 aliphatic heterocycles. The van der Waals surface area contributed by atoms with Gasteiger partial charge in [0.05, 0.1) is 25.0 Å². The van der Waals surface area contributed by atoms with Crippen molar-refractivity contribution in [1.29, 1.82) is 0 Å². The van der Waals surface area contributed by atoms with E-state index in [2.05, 4.69) is 0 Å². The monoisotopic (exact) mass is 285 g/mol. The van der Waals surface area contributed by atoms with Crippen LogP contribution < -0.4 is 4.74 Å². The van der Waals surface area contributed by atoms with Crippen LogP contribution in [-0.4, -0.2) is 24.7 Å². The molecule has 0 bridgehead atoms. The third kappa shape index (κ3) is 2.35. The molecule has 0 radical (unpaired) electrons. The minimum absolute atomic E-state index is 0.269. The van der Waals surface area contributed by atoms with Crippen LogP contribution in [0.25, 0.3) is 10.9 Å². The summed E-state index contributed by atoms with van der Waals surface area (Å²) in [7, 11) is 1.64. The number of nitrogens with zero attached hydrogens (tertiary/aromatic N) is 1. The number of carbonyl (C=O) groups excluding carboxylic acids is 1. The van der Waals surface area contributed by atoms with Crippen molar-refractivity contribution in [2.75, 3.05) is 13.7 Å². The van der Waals surface area contributed by atoms with Gasteiger partial charge in [0.1, 0.15) is 11.3 Å². The highest BCUT2D eigenvalue weighted by Gasteiger charge is 2.32. The molecule has 1 heterocycles. The van der Waals surface area contributed by atoms with Crippen molar-refractivity contribution < 1.29 is 14.3 Å². The summed E-state index contributed by atoms with van der Waals surface area (Å²) in [5.74, 6) is 0.847. The van der Waals surface area contributed by atoms with Gasteiger partial charge in [0.15, 0.2) is 0 Å². The predicted molar refractivity (Wildman–Crippen MR) is 81.0 cm³/mol. The quantitative estimate of drug-likeness (QED) is 0.805. The second-order valence-electron chi connectivity index (χ2n) is 5.35. The van der Waals surface area contributed by atoms with E-state index in [1.54, 1.807) is 7.11 Å². The molecule has 0 spiro atoms. The lowest BCUT2D eigenvalue weighted by molar-refractivity contribution is 0.0524. The number of methoxy groups -OCH3 is 1. The highest BCUT2D eigenvalue weighted by Crippen LogP contribution is 2.43. The van der Waals surface area contributed by atoms with Crippen LogP contribution in [0.3, 0.4) is 0 Å². The molecule has 1 aromatic carbocycles. The molecule has 1 fully saturated rings. The van der Waals surface area contributed by atoms with Crippen LogP contribution in [0.15, 0.2) is 18.2 Å². The third-order valence-electron chi connectivity index (χ3n) is 3.93. The minimum atomic E-state index is -0.269. The van der Waals surface area contributed by atoms with Crippen LogP contribution in [-0.2, 0) is 4.74 Å². The molecule has 2 aromatic rings. The maximum Gasteiger partial charge on any atom is 0.340 e. The molecule has 0 unspecified atom stereocenters. The van der Waals surface area contributed by atoms with E-state index in [0.29, 0.717) is 18.1 Å². The van der Waals surface area contributed by atoms with E-state index in [-0.39, 0.29) is 5.97 Å². The molecule has 0 amide bonds. The number of fused-ring (bicyclic) bond motifs is 1. The minimum Gasteiger partial charge on any atom is -0.494 e. The molecular weight excluding hydrogens is 266 g/mol. The second-order valence-corrected chi connectivity index (χ2v) is 5.35. The Balaban J connectivity index is 2.28. The summed E-state index contributed by atoms with van der Waals surface area (Å²) in [6.45, 7) is 4.15. The largest absolute Gasteiger partial charge is 0.494 e. The number of para-hydroxylation sites is 1. The van der Waals surface area contributed by atoms with Crippen molar-refractivity contribution in [2.45, 2.75) is 32.6 Å². The first-order valence-corrected chi connectivity index (χ1v) is 7.31. The summed E-state index contributed by atoms with van der Waals surface area (Å²) in [5, 5.41) is 0.946. The highest BCUT2D eigenvalue weighted by molar-refractivity contribution is 6.00. The highest BCUT2D eigenvalue weighted by atomic mass is 16.5. The summed E-state index contributed by atoms with van der Waals surface area (Å²) in [4.78, 5) is 17.1. The molecule has 1 aromatic heterocycles. The zero-order valence-electron chi connectivity index (χ0n) is 12.6. The van der Waals surface area contributed by atoms with Gasteiger partial charge in [-0.15, -0.1) is 0 Å². The molecule has 3 rings (SSSR count). The standard InChI is InChI=1S/C17H19NO3/c1-4-21-17(19)14-10(2)12-6-5-7-13(20-3)16(12)18-15(14)11-8-9-11/h5-7,11H,4,8-9H2,1-3H3. The Hall–Kier alpha value is -2.10. The molecule has 4 nitrogen and oxygen atoms in total. The average Bonchev–Trinajstić information content (AvgIpc) is 3.31. The van der Waals surface area contributed by atoms with Gasteiger partial charge in [0.2, 0.25) is 0 Å². The maximum absolute atomic E-state index is 12.3. The smallest absolute Gasteiger partial charge is 0.340 e. The fraction of sp³-hybridized carbons (Fsp3) is 0.412. The first kappa shape index (κ1) is 13.9. The van der Waals surface area contributed by atoms with Gasteiger partial charge in [-0.25, -0.2) is 9.78 Å². The van der Waals surface area contributed by atoms with Crippen LogP contribution in [0, 0.1) is 6.92 Å². The predicted octanol–water partition coefficient (Wildman–Crippen LogP) is 3.61. The molecule has 1 aliphatic rings. The van der Waals surface area contributed by atoms with Crippen LogP contribution in [0.1, 0.15) is 47.3 Å². The molecule has 4 heteroatoms. The summed E-state index contributed by atoms with van der Waals surface area (Å²) in [5.41, 5.74) is 3.26. The summed E-state index contributed by atoms with van der Waals surface area (Å²) >= 11 is 0. The fourth-order valence-corrected chi connectivity index (χ4v) is 2.72. The van der Waals surface area contributed by atoms with Gasteiger partial charge in [0, 0.05) is 11.3 Å². The van der Waals surface area contributed by atoms with Crippen LogP contribution >= 0.6 is 0 Å². The number of aryl methyl sites for hydroxylation is 1. The molecule has 110 valence electrons. The Morgan fingerprint density at radius 2 is 2.14 bits per heavy atom. The van der Waals surface area contributed by atoms with E-state index in [4.69, 9.17) is 14.5 Å². The van der Waals surface area contributed by atoms with E-state index in [1.807, 2.05) is 32.0 Å². The summed E-state index contributed by atoms with van der Waals surface area (Å²) in [6.07, 6.45) is 2.17. The molecule has 0 atom stereocenters. The number of hydrogen-bond acceptors (Lipinski definition) is 4. The molecule has 0 N–H and O–H groups in total. The van der Waals surface area contributed by atoms with E-state index >= 15 is 0 Å². The van der Waals surface area contributed by atoms with E-state index < -0.39 is 0 Å². The van der Waals surface area contributed by atoms with Crippen molar-refractivity contribution in [3.63, 3.8) is 0 Å². The first-order chi connectivity index (χ1) is 10.2. The average molecular weight is 285 g/mol. The van der Waals surface area contributed by atoms with Crippen LogP contribution in [0.5, 0.6) is 5.75 Å². The molecule has 1 saturated carbocycles. The van der Waals surface area contributed by atoms with Gasteiger partial charge in [0.25, 0.3) is 0 Å².